The summed E-state index contributed by atoms with van der Waals surface area (Å²) in [6.07, 6.45) is 3.59. The zero-order chi connectivity index (χ0) is 12.8. The fourth-order valence-corrected chi connectivity index (χ4v) is 2.55. The number of rotatable bonds is 6. The van der Waals surface area contributed by atoms with Gasteiger partial charge in [-0.2, -0.15) is 0 Å². The predicted octanol–water partition coefficient (Wildman–Crippen LogP) is 1.89. The molecule has 18 heavy (non-hydrogen) atoms. The molecule has 0 radical (unpaired) electrons. The normalized spacial score (nSPS) is 19.3. The van der Waals surface area contributed by atoms with E-state index in [4.69, 9.17) is 9.15 Å². The highest BCUT2D eigenvalue weighted by molar-refractivity contribution is 4.98. The Labute approximate surface area is 109 Å². The number of ether oxygens (including phenoxy) is 1. The van der Waals surface area contributed by atoms with Crippen LogP contribution >= 0.6 is 0 Å². The number of furan rings is 1. The third kappa shape index (κ3) is 3.34. The lowest BCUT2D eigenvalue weighted by atomic mass is 9.80. The summed E-state index contributed by atoms with van der Waals surface area (Å²) in [5.74, 6) is 0.983. The highest BCUT2D eigenvalue weighted by Crippen LogP contribution is 2.31. The van der Waals surface area contributed by atoms with E-state index in [1.165, 1.54) is 0 Å². The Kier molecular flexibility index (Phi) is 4.80. The average molecular weight is 253 g/mol. The van der Waals surface area contributed by atoms with E-state index in [1.54, 1.807) is 6.26 Å². The van der Waals surface area contributed by atoms with Gasteiger partial charge < -0.3 is 14.3 Å². The molecule has 2 heterocycles. The van der Waals surface area contributed by atoms with Gasteiger partial charge in [0.2, 0.25) is 0 Å². The van der Waals surface area contributed by atoms with Gasteiger partial charge in [-0.15, -0.1) is 0 Å². The van der Waals surface area contributed by atoms with Gasteiger partial charge in [0.15, 0.2) is 0 Å². The molecular formula is C14H23NO3. The van der Waals surface area contributed by atoms with Gasteiger partial charge in [-0.3, -0.25) is 4.90 Å². The van der Waals surface area contributed by atoms with Crippen LogP contribution in [0, 0.1) is 5.41 Å². The summed E-state index contributed by atoms with van der Waals surface area (Å²) >= 11 is 0. The number of aliphatic hydroxyl groups excluding tert-OH is 1. The molecule has 1 N–H and O–H groups in total. The van der Waals surface area contributed by atoms with Gasteiger partial charge >= 0.3 is 0 Å². The van der Waals surface area contributed by atoms with Crippen molar-refractivity contribution in [3.8, 4) is 0 Å². The maximum Gasteiger partial charge on any atom is 0.117 e. The van der Waals surface area contributed by atoms with E-state index >= 15 is 0 Å². The lowest BCUT2D eigenvalue weighted by Gasteiger charge is -2.39. The molecule has 0 unspecified atom stereocenters. The SMILES string of the molecule is CCN(Cc1ccco1)CC1(CO)CCOCC1. The van der Waals surface area contributed by atoms with E-state index in [0.717, 1.165) is 51.4 Å². The maximum atomic E-state index is 9.71. The van der Waals surface area contributed by atoms with E-state index in [9.17, 15) is 5.11 Å². The van der Waals surface area contributed by atoms with E-state index < -0.39 is 0 Å². The van der Waals surface area contributed by atoms with E-state index in [0.29, 0.717) is 0 Å². The molecule has 4 heteroatoms. The predicted molar refractivity (Wildman–Crippen MR) is 69.2 cm³/mol. The zero-order valence-electron chi connectivity index (χ0n) is 11.1. The maximum absolute atomic E-state index is 9.71. The molecule has 2 rings (SSSR count). The molecule has 1 saturated heterocycles. The van der Waals surface area contributed by atoms with Crippen molar-refractivity contribution in [2.75, 3.05) is 32.9 Å². The smallest absolute Gasteiger partial charge is 0.117 e. The van der Waals surface area contributed by atoms with Crippen molar-refractivity contribution >= 4 is 0 Å². The van der Waals surface area contributed by atoms with Gasteiger partial charge in [0.05, 0.1) is 19.4 Å². The minimum atomic E-state index is 0.000846. The fraction of sp³-hybridized carbons (Fsp3) is 0.714. The summed E-state index contributed by atoms with van der Waals surface area (Å²) < 4.78 is 10.8. The van der Waals surface area contributed by atoms with Crippen LogP contribution < -0.4 is 0 Å². The first-order valence-corrected chi connectivity index (χ1v) is 6.71. The molecule has 0 spiro atoms. The van der Waals surface area contributed by atoms with Crippen LogP contribution in [0.25, 0.3) is 0 Å². The number of nitrogens with zero attached hydrogens (tertiary/aromatic N) is 1. The zero-order valence-corrected chi connectivity index (χ0v) is 11.1. The average Bonchev–Trinajstić information content (AvgIpc) is 2.92. The Balaban J connectivity index is 1.95. The summed E-state index contributed by atoms with van der Waals surface area (Å²) in [5, 5.41) is 9.71. The standard InChI is InChI=1S/C14H23NO3/c1-2-15(10-13-4-3-7-18-13)11-14(12-16)5-8-17-9-6-14/h3-4,7,16H,2,5-6,8-12H2,1H3. The third-order valence-electron chi connectivity index (χ3n) is 3.85. The van der Waals surface area contributed by atoms with Crippen LogP contribution in [-0.4, -0.2) is 42.9 Å². The Morgan fingerprint density at radius 2 is 2.17 bits per heavy atom. The Hall–Kier alpha value is -0.840. The summed E-state index contributed by atoms with van der Waals surface area (Å²) in [4.78, 5) is 2.33. The topological polar surface area (TPSA) is 45.8 Å². The first-order valence-electron chi connectivity index (χ1n) is 6.71. The van der Waals surface area contributed by atoms with Crippen molar-refractivity contribution in [3.05, 3.63) is 24.2 Å². The van der Waals surface area contributed by atoms with E-state index in [2.05, 4.69) is 11.8 Å². The molecule has 0 amide bonds. The van der Waals surface area contributed by atoms with E-state index in [1.807, 2.05) is 12.1 Å². The molecule has 0 saturated carbocycles. The second-order valence-electron chi connectivity index (χ2n) is 5.15. The largest absolute Gasteiger partial charge is 0.468 e. The lowest BCUT2D eigenvalue weighted by Crippen LogP contribution is -2.43. The minimum absolute atomic E-state index is 0.000846. The first-order chi connectivity index (χ1) is 8.78. The van der Waals surface area contributed by atoms with Crippen LogP contribution in [0.5, 0.6) is 0 Å². The lowest BCUT2D eigenvalue weighted by molar-refractivity contribution is -0.0355. The molecule has 0 atom stereocenters. The third-order valence-corrected chi connectivity index (χ3v) is 3.85. The van der Waals surface area contributed by atoms with Gasteiger partial charge in [0.25, 0.3) is 0 Å². The Morgan fingerprint density at radius 1 is 1.39 bits per heavy atom. The van der Waals surface area contributed by atoms with Gasteiger partial charge in [0.1, 0.15) is 5.76 Å². The van der Waals surface area contributed by atoms with Crippen LogP contribution in [0.4, 0.5) is 0 Å². The summed E-state index contributed by atoms with van der Waals surface area (Å²) in [6, 6.07) is 3.91. The quantitative estimate of drug-likeness (QED) is 0.841. The molecule has 1 aromatic rings. The number of hydrogen-bond donors (Lipinski definition) is 1. The highest BCUT2D eigenvalue weighted by atomic mass is 16.5. The van der Waals surface area contributed by atoms with Gasteiger partial charge in [-0.1, -0.05) is 6.92 Å². The van der Waals surface area contributed by atoms with Crippen LogP contribution in [0.1, 0.15) is 25.5 Å². The molecule has 0 bridgehead atoms. The van der Waals surface area contributed by atoms with Gasteiger partial charge in [-0.25, -0.2) is 0 Å². The molecule has 0 aromatic carbocycles. The molecule has 1 fully saturated rings. The summed E-state index contributed by atoms with van der Waals surface area (Å²) in [5.41, 5.74) is 0.000846. The van der Waals surface area contributed by atoms with Crippen molar-refractivity contribution in [2.24, 2.45) is 5.41 Å². The summed E-state index contributed by atoms with van der Waals surface area (Å²) in [7, 11) is 0. The van der Waals surface area contributed by atoms with Crippen molar-refractivity contribution in [1.82, 2.24) is 4.90 Å². The second kappa shape index (κ2) is 6.36. The second-order valence-corrected chi connectivity index (χ2v) is 5.15. The molecular weight excluding hydrogens is 230 g/mol. The van der Waals surface area contributed by atoms with Gasteiger partial charge in [-0.05, 0) is 31.5 Å². The van der Waals surface area contributed by atoms with Crippen LogP contribution in [0.3, 0.4) is 0 Å². The van der Waals surface area contributed by atoms with Crippen molar-refractivity contribution in [2.45, 2.75) is 26.3 Å². The molecule has 4 nitrogen and oxygen atoms in total. The first kappa shape index (κ1) is 13.6. The van der Waals surface area contributed by atoms with Crippen LogP contribution in [0.2, 0.25) is 0 Å². The van der Waals surface area contributed by atoms with Crippen molar-refractivity contribution in [3.63, 3.8) is 0 Å². The van der Waals surface area contributed by atoms with Crippen LogP contribution in [-0.2, 0) is 11.3 Å². The molecule has 102 valence electrons. The van der Waals surface area contributed by atoms with Crippen LogP contribution in [0.15, 0.2) is 22.8 Å². The van der Waals surface area contributed by atoms with Crippen molar-refractivity contribution < 1.29 is 14.3 Å². The van der Waals surface area contributed by atoms with E-state index in [-0.39, 0.29) is 12.0 Å². The minimum Gasteiger partial charge on any atom is -0.468 e. The Bertz CT molecular complexity index is 331. The van der Waals surface area contributed by atoms with Crippen molar-refractivity contribution in [1.29, 1.82) is 0 Å². The fourth-order valence-electron chi connectivity index (χ4n) is 2.55. The van der Waals surface area contributed by atoms with Gasteiger partial charge in [0, 0.05) is 25.2 Å². The molecule has 0 aliphatic carbocycles. The number of aliphatic hydroxyl groups is 1. The highest BCUT2D eigenvalue weighted by Gasteiger charge is 2.33. The monoisotopic (exact) mass is 253 g/mol. The molecule has 1 aliphatic heterocycles. The molecule has 1 aromatic heterocycles. The Morgan fingerprint density at radius 3 is 2.72 bits per heavy atom. The summed E-state index contributed by atoms with van der Waals surface area (Å²) in [6.45, 7) is 6.59. The number of hydrogen-bond acceptors (Lipinski definition) is 4. The molecule has 1 aliphatic rings.